The molecule has 0 spiro atoms. The van der Waals surface area contributed by atoms with Crippen molar-refractivity contribution in [1.29, 1.82) is 0 Å². The predicted octanol–water partition coefficient (Wildman–Crippen LogP) is 1.05. The number of ether oxygens (including phenoxy) is 1. The molecule has 0 amide bonds. The fourth-order valence-electron chi connectivity index (χ4n) is 0.765. The van der Waals surface area contributed by atoms with E-state index in [4.69, 9.17) is 4.74 Å². The van der Waals surface area contributed by atoms with Gasteiger partial charge >= 0.3 is 0 Å². The van der Waals surface area contributed by atoms with Gasteiger partial charge in [-0.15, -0.1) is 0 Å². The molecule has 0 aromatic carbocycles. The number of nitrogens with one attached hydrogen (secondary N) is 1. The van der Waals surface area contributed by atoms with E-state index in [-0.39, 0.29) is 0 Å². The molecule has 0 aliphatic rings. The van der Waals surface area contributed by atoms with Crippen LogP contribution >= 0.6 is 0 Å². The number of aromatic nitrogens is 2. The summed E-state index contributed by atoms with van der Waals surface area (Å²) in [6.45, 7) is 3.19. The van der Waals surface area contributed by atoms with Crippen LogP contribution in [0.1, 0.15) is 12.6 Å². The monoisotopic (exact) mass is 167 g/mol. The van der Waals surface area contributed by atoms with E-state index in [9.17, 15) is 0 Å². The first-order chi connectivity index (χ1) is 5.86. The predicted molar refractivity (Wildman–Crippen MR) is 46.9 cm³/mol. The van der Waals surface area contributed by atoms with Gasteiger partial charge < -0.3 is 10.1 Å². The first-order valence-electron chi connectivity index (χ1n) is 3.93. The van der Waals surface area contributed by atoms with Crippen LogP contribution in [-0.2, 0) is 11.3 Å². The highest BCUT2D eigenvalue weighted by molar-refractivity contribution is 5.29. The van der Waals surface area contributed by atoms with Crippen LogP contribution in [0.3, 0.4) is 0 Å². The fraction of sp³-hybridized carbons (Fsp3) is 0.500. The highest BCUT2D eigenvalue weighted by Gasteiger charge is 1.94. The topological polar surface area (TPSA) is 47.0 Å². The lowest BCUT2D eigenvalue weighted by molar-refractivity contribution is 0.131. The average molecular weight is 167 g/mol. The van der Waals surface area contributed by atoms with Gasteiger partial charge in [0.05, 0.1) is 24.7 Å². The van der Waals surface area contributed by atoms with E-state index in [2.05, 4.69) is 15.3 Å². The maximum atomic E-state index is 5.17. The molecule has 4 nitrogen and oxygen atoms in total. The van der Waals surface area contributed by atoms with E-state index in [1.807, 2.05) is 14.0 Å². The van der Waals surface area contributed by atoms with Gasteiger partial charge in [-0.05, 0) is 6.92 Å². The van der Waals surface area contributed by atoms with Crippen LogP contribution in [0.4, 0.5) is 5.82 Å². The van der Waals surface area contributed by atoms with Crippen LogP contribution in [-0.4, -0.2) is 23.6 Å². The lowest BCUT2D eigenvalue weighted by atomic mass is 10.5. The number of nitrogens with zero attached hydrogens (tertiary/aromatic N) is 2. The van der Waals surface area contributed by atoms with Gasteiger partial charge in [0.15, 0.2) is 0 Å². The molecule has 1 aromatic rings. The van der Waals surface area contributed by atoms with Crippen molar-refractivity contribution in [3.05, 3.63) is 18.1 Å². The lowest BCUT2D eigenvalue weighted by Gasteiger charge is -2.01. The molecule has 66 valence electrons. The summed E-state index contributed by atoms with van der Waals surface area (Å²) in [5.74, 6) is 0.773. The molecule has 1 heterocycles. The summed E-state index contributed by atoms with van der Waals surface area (Å²) in [6, 6.07) is 0. The zero-order chi connectivity index (χ0) is 8.81. The van der Waals surface area contributed by atoms with Crippen LogP contribution < -0.4 is 5.32 Å². The highest BCUT2D eigenvalue weighted by Crippen LogP contribution is 2.00. The van der Waals surface area contributed by atoms with Crippen molar-refractivity contribution in [2.45, 2.75) is 13.5 Å². The SMILES string of the molecule is CCOCc1cnc(NC)cn1. The van der Waals surface area contributed by atoms with Gasteiger partial charge in [-0.25, -0.2) is 4.98 Å². The Balaban J connectivity index is 2.53. The average Bonchev–Trinajstić information content (AvgIpc) is 2.15. The molecule has 0 radical (unpaired) electrons. The van der Waals surface area contributed by atoms with Crippen LogP contribution in [0, 0.1) is 0 Å². The Morgan fingerprint density at radius 1 is 1.42 bits per heavy atom. The summed E-state index contributed by atoms with van der Waals surface area (Å²) in [4.78, 5) is 8.23. The van der Waals surface area contributed by atoms with Crippen molar-refractivity contribution in [3.63, 3.8) is 0 Å². The number of rotatable bonds is 4. The third-order valence-electron chi connectivity index (χ3n) is 1.42. The Kier molecular flexibility index (Phi) is 3.47. The molecule has 0 aliphatic heterocycles. The Morgan fingerprint density at radius 2 is 2.25 bits per heavy atom. The molecular formula is C8H13N3O. The standard InChI is InChI=1S/C8H13N3O/c1-3-12-6-7-4-11-8(9-2)5-10-7/h4-5H,3,6H2,1-2H3,(H,9,11). The van der Waals surface area contributed by atoms with E-state index in [0.29, 0.717) is 13.2 Å². The lowest BCUT2D eigenvalue weighted by Crippen LogP contribution is -1.98. The Bertz CT molecular complexity index is 222. The maximum absolute atomic E-state index is 5.17. The molecule has 0 unspecified atom stereocenters. The van der Waals surface area contributed by atoms with Crippen molar-refractivity contribution in [2.75, 3.05) is 19.0 Å². The summed E-state index contributed by atoms with van der Waals surface area (Å²) >= 11 is 0. The zero-order valence-electron chi connectivity index (χ0n) is 7.37. The van der Waals surface area contributed by atoms with Crippen LogP contribution in [0.2, 0.25) is 0 Å². The second-order valence-electron chi connectivity index (χ2n) is 2.28. The van der Waals surface area contributed by atoms with Gasteiger partial charge in [-0.2, -0.15) is 0 Å². The quantitative estimate of drug-likeness (QED) is 0.728. The second kappa shape index (κ2) is 4.66. The Hall–Kier alpha value is -1.16. The number of anilines is 1. The van der Waals surface area contributed by atoms with E-state index < -0.39 is 0 Å². The van der Waals surface area contributed by atoms with Crippen molar-refractivity contribution in [3.8, 4) is 0 Å². The van der Waals surface area contributed by atoms with E-state index in [1.54, 1.807) is 12.4 Å². The number of hydrogen-bond acceptors (Lipinski definition) is 4. The summed E-state index contributed by atoms with van der Waals surface area (Å²) in [7, 11) is 1.81. The Labute approximate surface area is 72.0 Å². The third-order valence-corrected chi connectivity index (χ3v) is 1.42. The first-order valence-corrected chi connectivity index (χ1v) is 3.93. The normalized spacial score (nSPS) is 9.83. The van der Waals surface area contributed by atoms with Crippen molar-refractivity contribution in [1.82, 2.24) is 9.97 Å². The molecule has 0 atom stereocenters. The molecule has 12 heavy (non-hydrogen) atoms. The molecule has 0 fully saturated rings. The van der Waals surface area contributed by atoms with E-state index in [1.165, 1.54) is 0 Å². The van der Waals surface area contributed by atoms with Gasteiger partial charge in [0.1, 0.15) is 5.82 Å². The van der Waals surface area contributed by atoms with Crippen molar-refractivity contribution < 1.29 is 4.74 Å². The summed E-state index contributed by atoms with van der Waals surface area (Å²) in [6.07, 6.45) is 3.40. The molecule has 0 saturated carbocycles. The van der Waals surface area contributed by atoms with Gasteiger partial charge in [0.25, 0.3) is 0 Å². The first kappa shape index (κ1) is 8.93. The highest BCUT2D eigenvalue weighted by atomic mass is 16.5. The van der Waals surface area contributed by atoms with Crippen molar-refractivity contribution >= 4 is 5.82 Å². The number of hydrogen-bond donors (Lipinski definition) is 1. The third kappa shape index (κ3) is 2.47. The molecule has 0 saturated heterocycles. The molecule has 0 bridgehead atoms. The summed E-state index contributed by atoms with van der Waals surface area (Å²) in [5.41, 5.74) is 0.857. The molecule has 1 N–H and O–H groups in total. The minimum absolute atomic E-state index is 0.535. The zero-order valence-corrected chi connectivity index (χ0v) is 7.37. The fourth-order valence-corrected chi connectivity index (χ4v) is 0.765. The molecule has 1 aromatic heterocycles. The van der Waals surface area contributed by atoms with Gasteiger partial charge in [-0.3, -0.25) is 4.98 Å². The molecule has 4 heteroatoms. The van der Waals surface area contributed by atoms with E-state index >= 15 is 0 Å². The molecule has 0 aliphatic carbocycles. The van der Waals surface area contributed by atoms with Gasteiger partial charge in [-0.1, -0.05) is 0 Å². The van der Waals surface area contributed by atoms with Gasteiger partial charge in [0, 0.05) is 13.7 Å². The van der Waals surface area contributed by atoms with Crippen LogP contribution in [0.25, 0.3) is 0 Å². The largest absolute Gasteiger partial charge is 0.375 e. The van der Waals surface area contributed by atoms with E-state index in [0.717, 1.165) is 11.5 Å². The summed E-state index contributed by atoms with van der Waals surface area (Å²) < 4.78 is 5.17. The minimum Gasteiger partial charge on any atom is -0.375 e. The summed E-state index contributed by atoms with van der Waals surface area (Å²) in [5, 5.41) is 2.90. The second-order valence-corrected chi connectivity index (χ2v) is 2.28. The smallest absolute Gasteiger partial charge is 0.144 e. The van der Waals surface area contributed by atoms with Crippen LogP contribution in [0.15, 0.2) is 12.4 Å². The molecular weight excluding hydrogens is 154 g/mol. The Morgan fingerprint density at radius 3 is 2.75 bits per heavy atom. The van der Waals surface area contributed by atoms with Crippen LogP contribution in [0.5, 0.6) is 0 Å². The molecule has 1 rings (SSSR count). The van der Waals surface area contributed by atoms with Gasteiger partial charge in [0.2, 0.25) is 0 Å². The van der Waals surface area contributed by atoms with Crippen molar-refractivity contribution in [2.24, 2.45) is 0 Å². The maximum Gasteiger partial charge on any atom is 0.144 e. The minimum atomic E-state index is 0.535.